The molecule has 5 heteroatoms. The van der Waals surface area contributed by atoms with Crippen LogP contribution in [-0.4, -0.2) is 36.1 Å². The van der Waals surface area contributed by atoms with Crippen LogP contribution in [0.2, 0.25) is 0 Å². The Bertz CT molecular complexity index is 774. The van der Waals surface area contributed by atoms with Crippen LogP contribution >= 0.6 is 0 Å². The Balaban J connectivity index is 0.000000194. The maximum atomic E-state index is 12.8. The number of hydrogen-bond acceptors (Lipinski definition) is 4. The van der Waals surface area contributed by atoms with Crippen LogP contribution in [0.1, 0.15) is 42.7 Å². The second-order valence-corrected chi connectivity index (χ2v) is 7.69. The van der Waals surface area contributed by atoms with Gasteiger partial charge in [0.25, 0.3) is 0 Å². The van der Waals surface area contributed by atoms with Crippen molar-refractivity contribution < 1.29 is 4.39 Å². The van der Waals surface area contributed by atoms with E-state index >= 15 is 0 Å². The lowest BCUT2D eigenvalue weighted by Gasteiger charge is -2.22. The quantitative estimate of drug-likeness (QED) is 0.539. The van der Waals surface area contributed by atoms with E-state index in [0.717, 1.165) is 30.6 Å². The first-order valence-electron chi connectivity index (χ1n) is 10.6. The van der Waals surface area contributed by atoms with Gasteiger partial charge in [-0.3, -0.25) is 4.90 Å². The molecule has 30 heavy (non-hydrogen) atoms. The molecule has 0 amide bonds. The van der Waals surface area contributed by atoms with Crippen molar-refractivity contribution in [1.29, 1.82) is 0 Å². The van der Waals surface area contributed by atoms with Gasteiger partial charge in [0.15, 0.2) is 0 Å². The van der Waals surface area contributed by atoms with Crippen molar-refractivity contribution >= 4 is 0 Å². The van der Waals surface area contributed by atoms with Gasteiger partial charge in [-0.1, -0.05) is 49.1 Å². The minimum absolute atomic E-state index is 0.287. The lowest BCUT2D eigenvalue weighted by atomic mass is 10.1. The Kier molecular flexibility index (Phi) is 10.3. The van der Waals surface area contributed by atoms with Crippen LogP contribution in [0, 0.1) is 5.95 Å². The Morgan fingerprint density at radius 3 is 2.47 bits per heavy atom. The maximum Gasteiger partial charge on any atom is 0.216 e. The number of nitrogens with one attached hydrogen (secondary N) is 1. The third-order valence-electron chi connectivity index (χ3n) is 5.26. The number of halogens is 1. The minimum Gasteiger partial charge on any atom is -0.383 e. The monoisotopic (exact) mass is 410 g/mol. The van der Waals surface area contributed by atoms with Gasteiger partial charge in [0, 0.05) is 36.6 Å². The SMILES string of the molecule is C=C(NCc1ccccc1)C1CCCN1C.C=CCN.Fc1ncccc1C1CC1. The van der Waals surface area contributed by atoms with Crippen molar-refractivity contribution in [3.8, 4) is 0 Å². The van der Waals surface area contributed by atoms with E-state index < -0.39 is 0 Å². The van der Waals surface area contributed by atoms with Crippen LogP contribution in [-0.2, 0) is 6.54 Å². The summed E-state index contributed by atoms with van der Waals surface area (Å²) in [6, 6.07) is 14.6. The molecule has 1 aromatic heterocycles. The van der Waals surface area contributed by atoms with Gasteiger partial charge >= 0.3 is 0 Å². The Morgan fingerprint density at radius 2 is 1.93 bits per heavy atom. The molecule has 2 heterocycles. The zero-order valence-electron chi connectivity index (χ0n) is 18.1. The summed E-state index contributed by atoms with van der Waals surface area (Å²) in [6.07, 6.45) is 7.91. The fourth-order valence-electron chi connectivity index (χ4n) is 3.38. The van der Waals surface area contributed by atoms with Gasteiger partial charge in [0.05, 0.1) is 0 Å². The number of likely N-dealkylation sites (tertiary alicyclic amines) is 1. The van der Waals surface area contributed by atoms with Crippen LogP contribution in [0.25, 0.3) is 0 Å². The van der Waals surface area contributed by atoms with Crippen LogP contribution in [0.15, 0.2) is 73.6 Å². The smallest absolute Gasteiger partial charge is 0.216 e. The lowest BCUT2D eigenvalue weighted by molar-refractivity contribution is 0.334. The molecule has 4 nitrogen and oxygen atoms in total. The molecule has 1 aliphatic heterocycles. The molecule has 2 aliphatic rings. The zero-order valence-corrected chi connectivity index (χ0v) is 18.1. The third kappa shape index (κ3) is 8.09. The average molecular weight is 411 g/mol. The fraction of sp³-hybridized carbons (Fsp3) is 0.400. The predicted octanol–water partition coefficient (Wildman–Crippen LogP) is 4.61. The molecule has 2 aromatic rings. The highest BCUT2D eigenvalue weighted by atomic mass is 19.1. The Morgan fingerprint density at radius 1 is 1.23 bits per heavy atom. The molecule has 3 N–H and O–H groups in total. The van der Waals surface area contributed by atoms with E-state index in [2.05, 4.69) is 59.7 Å². The molecule has 2 fully saturated rings. The van der Waals surface area contributed by atoms with E-state index in [9.17, 15) is 4.39 Å². The molecular weight excluding hydrogens is 375 g/mol. The van der Waals surface area contributed by atoms with E-state index in [0.29, 0.717) is 18.5 Å². The van der Waals surface area contributed by atoms with Crippen LogP contribution in [0.4, 0.5) is 4.39 Å². The molecule has 1 saturated carbocycles. The molecule has 162 valence electrons. The van der Waals surface area contributed by atoms with Gasteiger partial charge in [0.1, 0.15) is 0 Å². The number of benzene rings is 1. The summed E-state index contributed by atoms with van der Waals surface area (Å²) >= 11 is 0. The molecule has 1 aromatic carbocycles. The largest absolute Gasteiger partial charge is 0.383 e. The summed E-state index contributed by atoms with van der Waals surface area (Å²) in [7, 11) is 2.17. The fourth-order valence-corrected chi connectivity index (χ4v) is 3.38. The highest BCUT2D eigenvalue weighted by Crippen LogP contribution is 2.40. The summed E-state index contributed by atoms with van der Waals surface area (Å²) in [5, 5.41) is 3.44. The summed E-state index contributed by atoms with van der Waals surface area (Å²) in [4.78, 5) is 5.95. The van der Waals surface area contributed by atoms with Crippen LogP contribution in [0.3, 0.4) is 0 Å². The number of nitrogens with two attached hydrogens (primary N) is 1. The van der Waals surface area contributed by atoms with E-state index in [1.54, 1.807) is 12.1 Å². The third-order valence-corrected chi connectivity index (χ3v) is 5.26. The van der Waals surface area contributed by atoms with Crippen molar-refractivity contribution in [3.05, 3.63) is 90.7 Å². The highest BCUT2D eigenvalue weighted by Gasteiger charge is 2.26. The number of nitrogens with zero attached hydrogens (tertiary/aromatic N) is 2. The van der Waals surface area contributed by atoms with Crippen molar-refractivity contribution in [2.75, 3.05) is 20.1 Å². The van der Waals surface area contributed by atoms with Crippen molar-refractivity contribution in [1.82, 2.24) is 15.2 Å². The van der Waals surface area contributed by atoms with E-state index in [-0.39, 0.29) is 5.95 Å². The van der Waals surface area contributed by atoms with Crippen LogP contribution in [0.5, 0.6) is 0 Å². The highest BCUT2D eigenvalue weighted by molar-refractivity contribution is 5.20. The molecular formula is C25H35FN4. The number of pyridine rings is 1. The molecule has 0 radical (unpaired) electrons. The number of likely N-dealkylation sites (N-methyl/N-ethyl adjacent to an activating group) is 1. The molecule has 0 spiro atoms. The van der Waals surface area contributed by atoms with E-state index in [1.165, 1.54) is 31.1 Å². The van der Waals surface area contributed by atoms with Crippen molar-refractivity contribution in [2.45, 2.75) is 44.2 Å². The van der Waals surface area contributed by atoms with Gasteiger partial charge in [0.2, 0.25) is 5.95 Å². The molecule has 1 saturated heterocycles. The first-order chi connectivity index (χ1) is 14.6. The van der Waals surface area contributed by atoms with Gasteiger partial charge in [-0.15, -0.1) is 6.58 Å². The first kappa shape index (κ1) is 23.8. The normalized spacial score (nSPS) is 17.8. The van der Waals surface area contributed by atoms with Gasteiger partial charge in [-0.2, -0.15) is 4.39 Å². The lowest BCUT2D eigenvalue weighted by Crippen LogP contribution is -2.32. The van der Waals surface area contributed by atoms with E-state index in [4.69, 9.17) is 5.73 Å². The summed E-state index contributed by atoms with van der Waals surface area (Å²) in [6.45, 7) is 10.2. The standard InChI is InChI=1S/C14H20N2.C8H8FN.C3H7N/c1-12(14-9-6-10-16(14)2)15-11-13-7-4-3-5-8-13;9-8-7(6-3-4-6)2-1-5-10-8;1-2-3-4/h3-5,7-8,14-15H,1,6,9-11H2,2H3;1-2,5-6H,3-4H2;2H,1,3-4H2. The topological polar surface area (TPSA) is 54.2 Å². The van der Waals surface area contributed by atoms with Gasteiger partial charge in [-0.05, 0) is 56.8 Å². The number of rotatable bonds is 6. The maximum absolute atomic E-state index is 12.8. The number of hydrogen-bond donors (Lipinski definition) is 2. The van der Waals surface area contributed by atoms with Gasteiger partial charge in [-0.25, -0.2) is 4.98 Å². The number of aromatic nitrogens is 1. The summed E-state index contributed by atoms with van der Waals surface area (Å²) in [5.41, 5.74) is 8.17. The first-order valence-corrected chi connectivity index (χ1v) is 10.6. The molecule has 1 unspecified atom stereocenters. The van der Waals surface area contributed by atoms with Crippen LogP contribution < -0.4 is 11.1 Å². The minimum atomic E-state index is -0.287. The zero-order chi connectivity index (χ0) is 21.8. The second-order valence-electron chi connectivity index (χ2n) is 7.69. The molecule has 1 atom stereocenters. The predicted molar refractivity (Wildman–Crippen MR) is 123 cm³/mol. The molecule has 4 rings (SSSR count). The summed E-state index contributed by atoms with van der Waals surface area (Å²) in [5.74, 6) is 0.179. The average Bonchev–Trinajstić information content (AvgIpc) is 3.53. The molecule has 1 aliphatic carbocycles. The second kappa shape index (κ2) is 12.9. The summed E-state index contributed by atoms with van der Waals surface area (Å²) < 4.78 is 12.8. The Hall–Kier alpha value is -2.50. The Labute approximate surface area is 180 Å². The van der Waals surface area contributed by atoms with Crippen molar-refractivity contribution in [2.24, 2.45) is 5.73 Å². The van der Waals surface area contributed by atoms with Crippen molar-refractivity contribution in [3.63, 3.8) is 0 Å². The molecule has 0 bridgehead atoms. The van der Waals surface area contributed by atoms with E-state index in [1.807, 2.05) is 12.1 Å². The van der Waals surface area contributed by atoms with Gasteiger partial charge < -0.3 is 11.1 Å².